The van der Waals surface area contributed by atoms with Crippen molar-refractivity contribution in [2.45, 2.75) is 19.4 Å². The summed E-state index contributed by atoms with van der Waals surface area (Å²) in [6, 6.07) is 1.57. The third-order valence-corrected chi connectivity index (χ3v) is 2.06. The standard InChI is InChI=1S/C11H17N3O2/c1-11(2,16)7-14(3)10(15)8-6-13-5-4-9(8)12/h4-6,16H,7H2,1-3H3,(H2,12,13). The minimum absolute atomic E-state index is 0.236. The summed E-state index contributed by atoms with van der Waals surface area (Å²) in [5.41, 5.74) is 5.49. The number of hydrogen-bond donors (Lipinski definition) is 2. The van der Waals surface area contributed by atoms with Crippen LogP contribution in [0.5, 0.6) is 0 Å². The van der Waals surface area contributed by atoms with Gasteiger partial charge in [0.15, 0.2) is 0 Å². The maximum Gasteiger partial charge on any atom is 0.257 e. The third kappa shape index (κ3) is 3.20. The summed E-state index contributed by atoms with van der Waals surface area (Å²) in [5.74, 6) is -0.243. The molecule has 0 saturated heterocycles. The van der Waals surface area contributed by atoms with Gasteiger partial charge in [-0.2, -0.15) is 0 Å². The zero-order valence-corrected chi connectivity index (χ0v) is 9.77. The predicted molar refractivity (Wildman–Crippen MR) is 61.9 cm³/mol. The smallest absolute Gasteiger partial charge is 0.257 e. The molecule has 0 saturated carbocycles. The van der Waals surface area contributed by atoms with Crippen LogP contribution in [0.1, 0.15) is 24.2 Å². The Bertz CT molecular complexity index is 385. The van der Waals surface area contributed by atoms with Crippen LogP contribution in [0.2, 0.25) is 0 Å². The van der Waals surface area contributed by atoms with Gasteiger partial charge in [0.1, 0.15) is 0 Å². The van der Waals surface area contributed by atoms with Gasteiger partial charge in [-0.05, 0) is 19.9 Å². The van der Waals surface area contributed by atoms with E-state index in [0.717, 1.165) is 0 Å². The number of hydrogen-bond acceptors (Lipinski definition) is 4. The van der Waals surface area contributed by atoms with E-state index in [0.29, 0.717) is 11.3 Å². The predicted octanol–water partition coefficient (Wildman–Crippen LogP) is 0.507. The van der Waals surface area contributed by atoms with E-state index in [2.05, 4.69) is 4.98 Å². The topological polar surface area (TPSA) is 79.5 Å². The van der Waals surface area contributed by atoms with E-state index in [1.54, 1.807) is 27.0 Å². The maximum atomic E-state index is 11.9. The van der Waals surface area contributed by atoms with E-state index >= 15 is 0 Å². The lowest BCUT2D eigenvalue weighted by molar-refractivity contribution is 0.0368. The Hall–Kier alpha value is -1.62. The Labute approximate surface area is 94.9 Å². The van der Waals surface area contributed by atoms with Gasteiger partial charge in [-0.3, -0.25) is 9.78 Å². The van der Waals surface area contributed by atoms with E-state index in [9.17, 15) is 9.90 Å². The molecule has 0 bridgehead atoms. The summed E-state index contributed by atoms with van der Waals surface area (Å²) in [4.78, 5) is 17.2. The fourth-order valence-corrected chi connectivity index (χ4v) is 1.44. The molecule has 1 amide bonds. The van der Waals surface area contributed by atoms with E-state index in [1.165, 1.54) is 17.3 Å². The summed E-state index contributed by atoms with van der Waals surface area (Å²) >= 11 is 0. The minimum atomic E-state index is -0.929. The summed E-state index contributed by atoms with van der Waals surface area (Å²) in [6.07, 6.45) is 2.96. The quantitative estimate of drug-likeness (QED) is 0.782. The number of amides is 1. The number of likely N-dealkylation sites (N-methyl/N-ethyl adjacent to an activating group) is 1. The van der Waals surface area contributed by atoms with Crippen molar-refractivity contribution < 1.29 is 9.90 Å². The van der Waals surface area contributed by atoms with Gasteiger partial charge in [-0.15, -0.1) is 0 Å². The molecule has 0 spiro atoms. The second-order valence-corrected chi connectivity index (χ2v) is 4.44. The van der Waals surface area contributed by atoms with Gasteiger partial charge in [-0.1, -0.05) is 0 Å². The molecule has 0 aliphatic carbocycles. The Kier molecular flexibility index (Phi) is 3.49. The lowest BCUT2D eigenvalue weighted by atomic mass is 10.1. The van der Waals surface area contributed by atoms with Crippen LogP contribution >= 0.6 is 0 Å². The molecule has 0 radical (unpaired) electrons. The van der Waals surface area contributed by atoms with Crippen LogP contribution in [0.15, 0.2) is 18.5 Å². The van der Waals surface area contributed by atoms with Crippen LogP contribution in [0.4, 0.5) is 5.69 Å². The molecule has 5 heteroatoms. The zero-order chi connectivity index (χ0) is 12.3. The Morgan fingerprint density at radius 2 is 2.25 bits per heavy atom. The summed E-state index contributed by atoms with van der Waals surface area (Å²) in [6.45, 7) is 3.52. The molecule has 1 heterocycles. The average molecular weight is 223 g/mol. The largest absolute Gasteiger partial charge is 0.398 e. The molecular formula is C11H17N3O2. The molecule has 0 atom stereocenters. The molecule has 88 valence electrons. The number of carbonyl (C=O) groups excluding carboxylic acids is 1. The molecule has 0 aromatic carbocycles. The fourth-order valence-electron chi connectivity index (χ4n) is 1.44. The maximum absolute atomic E-state index is 11.9. The number of pyridine rings is 1. The molecule has 0 unspecified atom stereocenters. The summed E-state index contributed by atoms with van der Waals surface area (Å²) in [5, 5.41) is 9.61. The van der Waals surface area contributed by atoms with Crippen molar-refractivity contribution >= 4 is 11.6 Å². The number of anilines is 1. The lowest BCUT2D eigenvalue weighted by Gasteiger charge is -2.25. The normalized spacial score (nSPS) is 11.2. The van der Waals surface area contributed by atoms with Crippen molar-refractivity contribution in [3.8, 4) is 0 Å². The number of carbonyl (C=O) groups is 1. The van der Waals surface area contributed by atoms with Gasteiger partial charge in [0.2, 0.25) is 0 Å². The van der Waals surface area contributed by atoms with E-state index in [4.69, 9.17) is 5.73 Å². The number of aromatic nitrogens is 1. The van der Waals surface area contributed by atoms with Crippen molar-refractivity contribution in [1.29, 1.82) is 0 Å². The molecule has 1 aromatic rings. The fraction of sp³-hybridized carbons (Fsp3) is 0.455. The van der Waals surface area contributed by atoms with Crippen molar-refractivity contribution in [1.82, 2.24) is 9.88 Å². The van der Waals surface area contributed by atoms with Crippen molar-refractivity contribution in [2.24, 2.45) is 0 Å². The highest BCUT2D eigenvalue weighted by Crippen LogP contribution is 2.13. The third-order valence-electron chi connectivity index (χ3n) is 2.06. The first-order valence-electron chi connectivity index (χ1n) is 4.98. The molecule has 0 aliphatic heterocycles. The number of aliphatic hydroxyl groups is 1. The zero-order valence-electron chi connectivity index (χ0n) is 9.77. The first kappa shape index (κ1) is 12.4. The highest BCUT2D eigenvalue weighted by molar-refractivity contribution is 5.98. The van der Waals surface area contributed by atoms with Gasteiger partial charge >= 0.3 is 0 Å². The molecule has 1 aromatic heterocycles. The first-order chi connectivity index (χ1) is 7.31. The Balaban J connectivity index is 2.83. The molecule has 0 fully saturated rings. The summed E-state index contributed by atoms with van der Waals surface area (Å²) < 4.78 is 0. The van der Waals surface area contributed by atoms with Crippen molar-refractivity contribution in [3.05, 3.63) is 24.0 Å². The highest BCUT2D eigenvalue weighted by atomic mass is 16.3. The molecule has 3 N–H and O–H groups in total. The van der Waals surface area contributed by atoms with Crippen LogP contribution in [-0.4, -0.2) is 40.1 Å². The van der Waals surface area contributed by atoms with Gasteiger partial charge in [0.25, 0.3) is 5.91 Å². The van der Waals surface area contributed by atoms with Crippen LogP contribution < -0.4 is 5.73 Å². The monoisotopic (exact) mass is 223 g/mol. The molecule has 5 nitrogen and oxygen atoms in total. The van der Waals surface area contributed by atoms with Gasteiger partial charge in [-0.25, -0.2) is 0 Å². The SMILES string of the molecule is CN(CC(C)(C)O)C(=O)c1cnccc1N. The van der Waals surface area contributed by atoms with E-state index < -0.39 is 5.60 Å². The number of rotatable bonds is 3. The molecule has 16 heavy (non-hydrogen) atoms. The first-order valence-corrected chi connectivity index (χ1v) is 4.98. The van der Waals surface area contributed by atoms with Crippen LogP contribution in [0, 0.1) is 0 Å². The number of nitrogen functional groups attached to an aromatic ring is 1. The summed E-state index contributed by atoms with van der Waals surface area (Å²) in [7, 11) is 1.62. The van der Waals surface area contributed by atoms with Crippen LogP contribution in [0.3, 0.4) is 0 Å². The second kappa shape index (κ2) is 4.49. The van der Waals surface area contributed by atoms with E-state index in [-0.39, 0.29) is 12.5 Å². The number of nitrogens with two attached hydrogens (primary N) is 1. The lowest BCUT2D eigenvalue weighted by Crippen LogP contribution is -2.39. The molecule has 1 rings (SSSR count). The second-order valence-electron chi connectivity index (χ2n) is 4.44. The minimum Gasteiger partial charge on any atom is -0.398 e. The van der Waals surface area contributed by atoms with Gasteiger partial charge in [0.05, 0.1) is 11.2 Å². The Morgan fingerprint density at radius 3 is 2.75 bits per heavy atom. The number of nitrogens with zero attached hydrogens (tertiary/aromatic N) is 2. The molecular weight excluding hydrogens is 206 g/mol. The van der Waals surface area contributed by atoms with E-state index in [1.807, 2.05) is 0 Å². The Morgan fingerprint density at radius 1 is 1.62 bits per heavy atom. The van der Waals surface area contributed by atoms with Crippen LogP contribution in [-0.2, 0) is 0 Å². The average Bonchev–Trinajstić information content (AvgIpc) is 2.15. The highest BCUT2D eigenvalue weighted by Gasteiger charge is 2.21. The van der Waals surface area contributed by atoms with Crippen molar-refractivity contribution in [2.75, 3.05) is 19.3 Å². The van der Waals surface area contributed by atoms with Gasteiger partial charge in [0, 0.05) is 31.7 Å². The van der Waals surface area contributed by atoms with Crippen LogP contribution in [0.25, 0.3) is 0 Å². The molecule has 0 aliphatic rings. The van der Waals surface area contributed by atoms with Gasteiger partial charge < -0.3 is 15.7 Å². The van der Waals surface area contributed by atoms with Crippen molar-refractivity contribution in [3.63, 3.8) is 0 Å².